The van der Waals surface area contributed by atoms with E-state index < -0.39 is 5.97 Å². The number of ether oxygens (including phenoxy) is 1. The molecule has 1 aliphatic heterocycles. The van der Waals surface area contributed by atoms with Crippen LogP contribution < -0.4 is 10.1 Å². The van der Waals surface area contributed by atoms with Gasteiger partial charge in [-0.3, -0.25) is 9.78 Å². The molecule has 2 heterocycles. The van der Waals surface area contributed by atoms with Gasteiger partial charge in [0.05, 0.1) is 6.20 Å². The van der Waals surface area contributed by atoms with Crippen LogP contribution in [0, 0.1) is 0 Å². The van der Waals surface area contributed by atoms with Gasteiger partial charge in [-0.1, -0.05) is 30.3 Å². The van der Waals surface area contributed by atoms with Crippen molar-refractivity contribution < 1.29 is 19.4 Å². The Kier molecular flexibility index (Phi) is 7.38. The molecule has 0 bridgehead atoms. The number of carbonyl (C=O) groups excluding carboxylic acids is 1. The molecule has 0 radical (unpaired) electrons. The van der Waals surface area contributed by atoms with E-state index in [-0.39, 0.29) is 24.6 Å². The number of nitrogens with one attached hydrogen (secondary N) is 1. The fourth-order valence-corrected chi connectivity index (χ4v) is 3.38. The van der Waals surface area contributed by atoms with Crippen LogP contribution in [0.1, 0.15) is 31.2 Å². The maximum atomic E-state index is 12.7. The summed E-state index contributed by atoms with van der Waals surface area (Å²) in [5.41, 5.74) is 1.07. The Bertz CT molecular complexity index is 780. The van der Waals surface area contributed by atoms with Gasteiger partial charge in [-0.15, -0.1) is 0 Å². The minimum atomic E-state index is -0.862. The summed E-state index contributed by atoms with van der Waals surface area (Å²) in [5.74, 6) is -0.369. The van der Waals surface area contributed by atoms with Crippen molar-refractivity contribution in [3.63, 3.8) is 0 Å². The van der Waals surface area contributed by atoms with Crippen LogP contribution >= 0.6 is 0 Å². The first-order valence-electron chi connectivity index (χ1n) is 9.84. The molecule has 2 aromatic rings. The fraction of sp³-hybridized carbons (Fsp3) is 0.429. The van der Waals surface area contributed by atoms with E-state index in [1.165, 1.54) is 0 Å². The zero-order chi connectivity index (χ0) is 20.5. The summed E-state index contributed by atoms with van der Waals surface area (Å²) in [5, 5.41) is 12.0. The van der Waals surface area contributed by atoms with Gasteiger partial charge in [-0.05, 0) is 18.4 Å². The van der Waals surface area contributed by atoms with Crippen molar-refractivity contribution in [2.75, 3.05) is 13.1 Å². The highest BCUT2D eigenvalue weighted by Crippen LogP contribution is 2.17. The predicted octanol–water partition coefficient (Wildman–Crippen LogP) is 2.51. The maximum Gasteiger partial charge on any atom is 0.317 e. The first-order chi connectivity index (χ1) is 14.1. The highest BCUT2D eigenvalue weighted by molar-refractivity contribution is 5.75. The molecule has 154 valence electrons. The number of nitrogens with zero attached hydrogens (tertiary/aromatic N) is 3. The van der Waals surface area contributed by atoms with Crippen LogP contribution in [0.5, 0.6) is 5.88 Å². The summed E-state index contributed by atoms with van der Waals surface area (Å²) >= 11 is 0. The summed E-state index contributed by atoms with van der Waals surface area (Å²) in [6.45, 7) is 1.15. The summed E-state index contributed by atoms with van der Waals surface area (Å²) in [6.07, 6.45) is 7.20. The molecular formula is C21H26N4O4. The molecule has 1 aromatic carbocycles. The molecule has 1 atom stereocenters. The largest absolute Gasteiger partial charge is 0.481 e. The second kappa shape index (κ2) is 10.4. The summed E-state index contributed by atoms with van der Waals surface area (Å²) in [4.78, 5) is 33.6. The number of urea groups is 1. The van der Waals surface area contributed by atoms with Crippen LogP contribution in [0.3, 0.4) is 0 Å². The molecule has 29 heavy (non-hydrogen) atoms. The number of aromatic nitrogens is 2. The Morgan fingerprint density at radius 1 is 1.21 bits per heavy atom. The van der Waals surface area contributed by atoms with Crippen molar-refractivity contribution in [3.8, 4) is 5.88 Å². The second-order valence-electron chi connectivity index (χ2n) is 7.12. The van der Waals surface area contributed by atoms with Crippen molar-refractivity contribution in [2.24, 2.45) is 0 Å². The number of amides is 2. The topological polar surface area (TPSA) is 105 Å². The van der Waals surface area contributed by atoms with Crippen molar-refractivity contribution in [3.05, 3.63) is 54.5 Å². The highest BCUT2D eigenvalue weighted by atomic mass is 16.5. The van der Waals surface area contributed by atoms with Gasteiger partial charge in [0.15, 0.2) is 0 Å². The third kappa shape index (κ3) is 6.74. The zero-order valence-corrected chi connectivity index (χ0v) is 16.2. The number of carboxylic acid groups (broad SMARTS) is 1. The number of hydrogen-bond donors (Lipinski definition) is 2. The lowest BCUT2D eigenvalue weighted by molar-refractivity contribution is -0.137. The smallest absolute Gasteiger partial charge is 0.317 e. The molecule has 8 nitrogen and oxygen atoms in total. The molecule has 0 saturated carbocycles. The Morgan fingerprint density at radius 3 is 2.62 bits per heavy atom. The van der Waals surface area contributed by atoms with E-state index in [1.807, 2.05) is 30.3 Å². The van der Waals surface area contributed by atoms with Crippen LogP contribution in [0.25, 0.3) is 0 Å². The van der Waals surface area contributed by atoms with E-state index in [0.29, 0.717) is 44.7 Å². The molecule has 8 heteroatoms. The monoisotopic (exact) mass is 398 g/mol. The van der Waals surface area contributed by atoms with Crippen LogP contribution in [-0.4, -0.2) is 57.2 Å². The SMILES string of the molecule is O=C(O)CCC(Cc1ccccc1)NC(=O)N1CCC(Oc2cnccn2)CC1. The summed E-state index contributed by atoms with van der Waals surface area (Å²) in [7, 11) is 0. The van der Waals surface area contributed by atoms with Gasteiger partial charge in [-0.25, -0.2) is 9.78 Å². The van der Waals surface area contributed by atoms with Gasteiger partial charge in [0.2, 0.25) is 5.88 Å². The molecule has 3 rings (SSSR count). The molecule has 1 fully saturated rings. The number of carboxylic acids is 1. The Hall–Kier alpha value is -3.16. The third-order valence-electron chi connectivity index (χ3n) is 4.92. The number of benzene rings is 1. The van der Waals surface area contributed by atoms with Crippen LogP contribution in [0.4, 0.5) is 4.79 Å². The van der Waals surface area contributed by atoms with Crippen molar-refractivity contribution in [1.82, 2.24) is 20.2 Å². The van der Waals surface area contributed by atoms with Gasteiger partial charge in [-0.2, -0.15) is 0 Å². The minimum Gasteiger partial charge on any atom is -0.481 e. The van der Waals surface area contributed by atoms with Crippen LogP contribution in [0.2, 0.25) is 0 Å². The van der Waals surface area contributed by atoms with E-state index in [2.05, 4.69) is 15.3 Å². The van der Waals surface area contributed by atoms with Gasteiger partial charge in [0.1, 0.15) is 6.10 Å². The van der Waals surface area contributed by atoms with Gasteiger partial charge < -0.3 is 20.1 Å². The molecular weight excluding hydrogens is 372 g/mol. The molecule has 2 N–H and O–H groups in total. The average Bonchev–Trinajstić information content (AvgIpc) is 2.74. The first kappa shape index (κ1) is 20.6. The number of carbonyl (C=O) groups is 2. The van der Waals surface area contributed by atoms with E-state index in [0.717, 1.165) is 5.56 Å². The van der Waals surface area contributed by atoms with Crippen molar-refractivity contribution in [2.45, 2.75) is 44.2 Å². The summed E-state index contributed by atoms with van der Waals surface area (Å²) < 4.78 is 5.81. The van der Waals surface area contributed by atoms with E-state index >= 15 is 0 Å². The Morgan fingerprint density at radius 2 is 1.97 bits per heavy atom. The number of hydrogen-bond acceptors (Lipinski definition) is 5. The summed E-state index contributed by atoms with van der Waals surface area (Å²) in [6, 6.07) is 9.39. The van der Waals surface area contributed by atoms with Crippen molar-refractivity contribution >= 4 is 12.0 Å². The highest BCUT2D eigenvalue weighted by Gasteiger charge is 2.26. The number of rotatable bonds is 8. The number of likely N-dealkylation sites (tertiary alicyclic amines) is 1. The maximum absolute atomic E-state index is 12.7. The van der Waals surface area contributed by atoms with Gasteiger partial charge in [0.25, 0.3) is 0 Å². The molecule has 0 aliphatic carbocycles. The number of piperidine rings is 1. The van der Waals surface area contributed by atoms with Gasteiger partial charge >= 0.3 is 12.0 Å². The minimum absolute atomic E-state index is 0.00266. The quantitative estimate of drug-likeness (QED) is 0.708. The van der Waals surface area contributed by atoms with E-state index in [9.17, 15) is 9.59 Å². The Balaban J connectivity index is 1.50. The fourth-order valence-electron chi connectivity index (χ4n) is 3.38. The van der Waals surface area contributed by atoms with Crippen LogP contribution in [0.15, 0.2) is 48.9 Å². The lowest BCUT2D eigenvalue weighted by Crippen LogP contribution is -2.49. The van der Waals surface area contributed by atoms with E-state index in [4.69, 9.17) is 9.84 Å². The average molecular weight is 398 g/mol. The number of aliphatic carboxylic acids is 1. The molecule has 1 aromatic heterocycles. The molecule has 0 spiro atoms. The first-order valence-corrected chi connectivity index (χ1v) is 9.84. The normalized spacial score (nSPS) is 15.5. The molecule has 1 aliphatic rings. The lowest BCUT2D eigenvalue weighted by atomic mass is 10.0. The molecule has 2 amide bonds. The predicted molar refractivity (Wildman–Crippen MR) is 107 cm³/mol. The standard InChI is InChI=1S/C21H26N4O4/c26-20(27)7-6-17(14-16-4-2-1-3-5-16)24-21(28)25-12-8-18(9-13-25)29-19-15-22-10-11-23-19/h1-5,10-11,15,17-18H,6-9,12-14H2,(H,24,28)(H,26,27). The molecule has 1 unspecified atom stereocenters. The Labute approximate surface area is 169 Å². The molecule has 1 saturated heterocycles. The second-order valence-corrected chi connectivity index (χ2v) is 7.12. The third-order valence-corrected chi connectivity index (χ3v) is 4.92. The van der Waals surface area contributed by atoms with Crippen molar-refractivity contribution in [1.29, 1.82) is 0 Å². The van der Waals surface area contributed by atoms with E-state index in [1.54, 1.807) is 23.5 Å². The zero-order valence-electron chi connectivity index (χ0n) is 16.2. The van der Waals surface area contributed by atoms with Crippen LogP contribution in [-0.2, 0) is 11.2 Å². The lowest BCUT2D eigenvalue weighted by Gasteiger charge is -2.33. The van der Waals surface area contributed by atoms with Gasteiger partial charge in [0, 0.05) is 50.8 Å².